The van der Waals surface area contributed by atoms with Crippen molar-refractivity contribution in [2.24, 2.45) is 7.05 Å². The molecule has 0 atom stereocenters. The van der Waals surface area contributed by atoms with Crippen molar-refractivity contribution in [3.05, 3.63) is 65.6 Å². The number of aromatic nitrogens is 3. The fourth-order valence-electron chi connectivity index (χ4n) is 4.37. The van der Waals surface area contributed by atoms with E-state index in [0.717, 1.165) is 62.1 Å². The fraction of sp³-hybridized carbons (Fsp3) is 0.417. The van der Waals surface area contributed by atoms with Crippen LogP contribution < -0.4 is 9.64 Å². The normalized spacial score (nSPS) is 17.0. The molecule has 1 aromatic carbocycles. The van der Waals surface area contributed by atoms with Crippen molar-refractivity contribution in [3.8, 4) is 11.6 Å². The first-order valence-electron chi connectivity index (χ1n) is 11.0. The molecule has 4 heterocycles. The molecule has 0 aliphatic carbocycles. The van der Waals surface area contributed by atoms with Gasteiger partial charge in [0.25, 0.3) is 0 Å². The molecule has 0 unspecified atom stereocenters. The first-order chi connectivity index (χ1) is 14.8. The zero-order valence-electron chi connectivity index (χ0n) is 17.6. The summed E-state index contributed by atoms with van der Waals surface area (Å²) in [5, 5.41) is 0. The summed E-state index contributed by atoms with van der Waals surface area (Å²) in [5.74, 6) is 2.36. The lowest BCUT2D eigenvalue weighted by Gasteiger charge is -2.32. The molecule has 1 saturated heterocycles. The lowest BCUT2D eigenvalue weighted by molar-refractivity contribution is 0.233. The number of hydrogen-bond donors (Lipinski definition) is 0. The first kappa shape index (κ1) is 19.1. The van der Waals surface area contributed by atoms with E-state index in [9.17, 15) is 0 Å². The molecule has 1 fully saturated rings. The molecule has 5 rings (SSSR count). The average molecular weight is 404 g/mol. The van der Waals surface area contributed by atoms with Crippen molar-refractivity contribution < 1.29 is 4.74 Å². The van der Waals surface area contributed by atoms with Crippen molar-refractivity contribution >= 4 is 5.95 Å². The SMILES string of the molecule is Cn1cccc1CN1CCc2nc(N3CCCCC3)nc(Oc3ccccc3)c2C1. The van der Waals surface area contributed by atoms with Gasteiger partial charge < -0.3 is 14.2 Å². The van der Waals surface area contributed by atoms with Crippen molar-refractivity contribution in [2.45, 2.75) is 38.8 Å². The minimum Gasteiger partial charge on any atom is -0.439 e. The largest absolute Gasteiger partial charge is 0.439 e. The Balaban J connectivity index is 1.46. The zero-order valence-corrected chi connectivity index (χ0v) is 17.6. The van der Waals surface area contributed by atoms with Crippen LogP contribution >= 0.6 is 0 Å². The Bertz CT molecular complexity index is 994. The highest BCUT2D eigenvalue weighted by molar-refractivity contribution is 5.43. The molecule has 6 heteroatoms. The van der Waals surface area contributed by atoms with Crippen molar-refractivity contribution in [2.75, 3.05) is 24.5 Å². The molecule has 0 bridgehead atoms. The third-order valence-electron chi connectivity index (χ3n) is 6.12. The van der Waals surface area contributed by atoms with Gasteiger partial charge in [-0.3, -0.25) is 4.90 Å². The highest BCUT2D eigenvalue weighted by atomic mass is 16.5. The summed E-state index contributed by atoms with van der Waals surface area (Å²) >= 11 is 0. The van der Waals surface area contributed by atoms with Crippen LogP contribution in [-0.2, 0) is 26.6 Å². The quantitative estimate of drug-likeness (QED) is 0.640. The van der Waals surface area contributed by atoms with Crippen LogP contribution in [0.25, 0.3) is 0 Å². The molecule has 2 aliphatic rings. The molecule has 30 heavy (non-hydrogen) atoms. The van der Waals surface area contributed by atoms with Gasteiger partial charge in [0, 0.05) is 58.1 Å². The number of fused-ring (bicyclic) bond motifs is 1. The van der Waals surface area contributed by atoms with Gasteiger partial charge in [-0.2, -0.15) is 4.98 Å². The number of para-hydroxylation sites is 1. The van der Waals surface area contributed by atoms with Crippen LogP contribution in [0.1, 0.15) is 36.2 Å². The fourth-order valence-corrected chi connectivity index (χ4v) is 4.37. The van der Waals surface area contributed by atoms with E-state index in [1.807, 2.05) is 30.3 Å². The minimum atomic E-state index is 0.711. The molecule has 0 radical (unpaired) electrons. The summed E-state index contributed by atoms with van der Waals surface area (Å²) in [6, 6.07) is 14.3. The van der Waals surface area contributed by atoms with Gasteiger partial charge in [0.1, 0.15) is 5.75 Å². The molecular weight excluding hydrogens is 374 g/mol. The Morgan fingerprint density at radius 1 is 0.933 bits per heavy atom. The van der Waals surface area contributed by atoms with Crippen molar-refractivity contribution in [3.63, 3.8) is 0 Å². The summed E-state index contributed by atoms with van der Waals surface area (Å²) in [5.41, 5.74) is 3.58. The highest BCUT2D eigenvalue weighted by Crippen LogP contribution is 2.32. The van der Waals surface area contributed by atoms with Gasteiger partial charge >= 0.3 is 0 Å². The van der Waals surface area contributed by atoms with Crippen LogP contribution in [0.2, 0.25) is 0 Å². The maximum Gasteiger partial charge on any atom is 0.228 e. The van der Waals surface area contributed by atoms with Gasteiger partial charge in [0.2, 0.25) is 11.8 Å². The van der Waals surface area contributed by atoms with E-state index in [4.69, 9.17) is 14.7 Å². The van der Waals surface area contributed by atoms with Crippen LogP contribution in [-0.4, -0.2) is 39.1 Å². The summed E-state index contributed by atoms with van der Waals surface area (Å²) in [7, 11) is 2.10. The molecular formula is C24H29N5O. The second kappa shape index (κ2) is 8.48. The van der Waals surface area contributed by atoms with Crippen LogP contribution in [0.5, 0.6) is 11.6 Å². The third kappa shape index (κ3) is 4.05. The van der Waals surface area contributed by atoms with E-state index in [1.54, 1.807) is 0 Å². The van der Waals surface area contributed by atoms with E-state index in [2.05, 4.69) is 39.7 Å². The Morgan fingerprint density at radius 3 is 2.53 bits per heavy atom. The van der Waals surface area contributed by atoms with Gasteiger partial charge in [0.05, 0.1) is 11.3 Å². The summed E-state index contributed by atoms with van der Waals surface area (Å²) in [6.07, 6.45) is 6.74. The average Bonchev–Trinajstić information content (AvgIpc) is 3.19. The molecule has 6 nitrogen and oxygen atoms in total. The van der Waals surface area contributed by atoms with Gasteiger partial charge in [0.15, 0.2) is 0 Å². The second-order valence-corrected chi connectivity index (χ2v) is 8.29. The maximum atomic E-state index is 6.31. The van der Waals surface area contributed by atoms with Crippen molar-refractivity contribution in [1.29, 1.82) is 0 Å². The number of anilines is 1. The van der Waals surface area contributed by atoms with Crippen LogP contribution in [0.4, 0.5) is 5.95 Å². The molecule has 0 amide bonds. The number of benzene rings is 1. The van der Waals surface area contributed by atoms with Crippen LogP contribution in [0.15, 0.2) is 48.7 Å². The van der Waals surface area contributed by atoms with E-state index in [1.165, 1.54) is 25.0 Å². The van der Waals surface area contributed by atoms with E-state index < -0.39 is 0 Å². The van der Waals surface area contributed by atoms with Crippen LogP contribution in [0.3, 0.4) is 0 Å². The lowest BCUT2D eigenvalue weighted by Crippen LogP contribution is -2.34. The Hall–Kier alpha value is -2.86. The maximum absolute atomic E-state index is 6.31. The molecule has 0 saturated carbocycles. The molecule has 156 valence electrons. The molecule has 2 aromatic heterocycles. The molecule has 0 N–H and O–H groups in total. The van der Waals surface area contributed by atoms with Gasteiger partial charge in [-0.05, 0) is 43.5 Å². The lowest BCUT2D eigenvalue weighted by atomic mass is 10.1. The second-order valence-electron chi connectivity index (χ2n) is 8.29. The molecule has 0 spiro atoms. The third-order valence-corrected chi connectivity index (χ3v) is 6.12. The smallest absolute Gasteiger partial charge is 0.228 e. The monoisotopic (exact) mass is 403 g/mol. The summed E-state index contributed by atoms with van der Waals surface area (Å²) in [4.78, 5) is 14.7. The van der Waals surface area contributed by atoms with E-state index in [-0.39, 0.29) is 0 Å². The number of aryl methyl sites for hydroxylation is 1. The Labute approximate surface area is 178 Å². The number of ether oxygens (including phenoxy) is 1. The predicted octanol–water partition coefficient (Wildman–Crippen LogP) is 4.16. The van der Waals surface area contributed by atoms with Gasteiger partial charge in [-0.1, -0.05) is 18.2 Å². The Morgan fingerprint density at radius 2 is 1.77 bits per heavy atom. The highest BCUT2D eigenvalue weighted by Gasteiger charge is 2.26. The van der Waals surface area contributed by atoms with E-state index >= 15 is 0 Å². The number of rotatable bonds is 5. The van der Waals surface area contributed by atoms with Crippen LogP contribution in [0, 0.1) is 0 Å². The number of nitrogens with zero attached hydrogens (tertiary/aromatic N) is 5. The zero-order chi connectivity index (χ0) is 20.3. The molecule has 3 aromatic rings. The minimum absolute atomic E-state index is 0.711. The Kier molecular flexibility index (Phi) is 5.41. The molecule has 2 aliphatic heterocycles. The predicted molar refractivity (Wildman–Crippen MR) is 118 cm³/mol. The van der Waals surface area contributed by atoms with Gasteiger partial charge in [-0.15, -0.1) is 0 Å². The van der Waals surface area contributed by atoms with Gasteiger partial charge in [-0.25, -0.2) is 4.98 Å². The summed E-state index contributed by atoms with van der Waals surface area (Å²) < 4.78 is 8.49. The van der Waals surface area contributed by atoms with E-state index in [0.29, 0.717) is 5.88 Å². The number of piperidine rings is 1. The topological polar surface area (TPSA) is 46.4 Å². The summed E-state index contributed by atoms with van der Waals surface area (Å²) in [6.45, 7) is 4.79. The first-order valence-corrected chi connectivity index (χ1v) is 11.0. The standard InChI is InChI=1S/C24H29N5O/c1-27-13-8-9-19(27)17-28-16-12-22-21(18-28)23(30-20-10-4-2-5-11-20)26-24(25-22)29-14-6-3-7-15-29/h2,4-5,8-11,13H,3,6-7,12,14-18H2,1H3. The van der Waals surface area contributed by atoms with Crippen molar-refractivity contribution in [1.82, 2.24) is 19.4 Å². The number of hydrogen-bond acceptors (Lipinski definition) is 5.